The van der Waals surface area contributed by atoms with Crippen molar-refractivity contribution in [2.45, 2.75) is 214 Å². The van der Waals surface area contributed by atoms with Crippen LogP contribution in [0.3, 0.4) is 0 Å². The number of rotatable bonds is 30. The number of aromatic nitrogens is 2. The first-order valence-corrected chi connectivity index (χ1v) is 17.9. The normalized spacial score (nSPS) is 11.6. The van der Waals surface area contributed by atoms with Crippen LogP contribution >= 0.6 is 0 Å². The highest BCUT2D eigenvalue weighted by Crippen LogP contribution is 2.14. The Hall–Kier alpha value is -0.790. The van der Waals surface area contributed by atoms with Crippen molar-refractivity contribution >= 4 is 0 Å². The summed E-state index contributed by atoms with van der Waals surface area (Å²) < 4.78 is 5.24. The van der Waals surface area contributed by atoms with E-state index in [9.17, 15) is 0 Å². The fourth-order valence-corrected chi connectivity index (χ4v) is 5.97. The molecule has 0 aliphatic carbocycles. The van der Waals surface area contributed by atoms with Gasteiger partial charge in [-0.05, 0) is 32.1 Å². The molecule has 0 fully saturated rings. The number of nitrogens with zero attached hydrogens (tertiary/aromatic N) is 2. The van der Waals surface area contributed by atoms with Gasteiger partial charge in [-0.3, -0.25) is 0 Å². The van der Waals surface area contributed by atoms with E-state index in [1.165, 1.54) is 193 Å². The number of unbranched alkanes of at least 4 members (excludes halogenated alkanes) is 24. The van der Waals surface area contributed by atoms with Crippen LogP contribution in [0, 0.1) is 0 Å². The van der Waals surface area contributed by atoms with Gasteiger partial charge in [-0.15, -0.1) is 0 Å². The second kappa shape index (κ2) is 27.8. The largest absolute Gasteiger partial charge is 0.256 e. The first-order chi connectivity index (χ1) is 18.8. The Morgan fingerprint density at radius 2 is 0.816 bits per heavy atom. The molecule has 0 amide bonds. The molecule has 0 atom stereocenters. The maximum Gasteiger partial charge on any atom is 0.256 e. The molecule has 0 spiro atoms. The highest BCUT2D eigenvalue weighted by Gasteiger charge is 2.16. The van der Waals surface area contributed by atoms with E-state index in [0.717, 1.165) is 0 Å². The van der Waals surface area contributed by atoms with Gasteiger partial charge in [0, 0.05) is 6.42 Å². The Kier molecular flexibility index (Phi) is 25.7. The first-order valence-electron chi connectivity index (χ1n) is 17.9. The molecule has 2 nitrogen and oxygen atoms in total. The predicted octanol–water partition coefficient (Wildman–Crippen LogP) is 11.9. The molecule has 0 saturated heterocycles. The van der Waals surface area contributed by atoms with Gasteiger partial charge < -0.3 is 0 Å². The number of aryl methyl sites for hydroxylation is 2. The SMILES string of the molecule is CCCCCCCCCCCCCCCn1cc[n+](CCCCCCCCCC)c1CCCCCCCC. The molecule has 0 aliphatic rings. The predicted molar refractivity (Wildman–Crippen MR) is 170 cm³/mol. The van der Waals surface area contributed by atoms with Crippen molar-refractivity contribution in [3.63, 3.8) is 0 Å². The second-order valence-electron chi connectivity index (χ2n) is 12.3. The van der Waals surface area contributed by atoms with Crippen molar-refractivity contribution in [2.24, 2.45) is 0 Å². The fraction of sp³-hybridized carbons (Fsp3) is 0.917. The first kappa shape index (κ1) is 35.2. The summed E-state index contributed by atoms with van der Waals surface area (Å²) in [7, 11) is 0. The van der Waals surface area contributed by atoms with E-state index < -0.39 is 0 Å². The van der Waals surface area contributed by atoms with Crippen molar-refractivity contribution in [2.75, 3.05) is 0 Å². The summed E-state index contributed by atoms with van der Waals surface area (Å²) in [4.78, 5) is 0. The maximum absolute atomic E-state index is 2.62. The molecule has 0 aliphatic heterocycles. The molecule has 0 N–H and O–H groups in total. The molecule has 0 radical (unpaired) electrons. The maximum atomic E-state index is 2.62. The minimum absolute atomic E-state index is 1.23. The molecule has 0 unspecified atom stereocenters. The van der Waals surface area contributed by atoms with Gasteiger partial charge in [-0.25, -0.2) is 9.13 Å². The van der Waals surface area contributed by atoms with Gasteiger partial charge in [0.25, 0.3) is 5.82 Å². The Balaban J connectivity index is 2.26. The van der Waals surface area contributed by atoms with E-state index in [1.807, 2.05) is 0 Å². The van der Waals surface area contributed by atoms with Gasteiger partial charge in [0.15, 0.2) is 0 Å². The zero-order chi connectivity index (χ0) is 27.4. The van der Waals surface area contributed by atoms with Crippen LogP contribution in [0.25, 0.3) is 0 Å². The van der Waals surface area contributed by atoms with Gasteiger partial charge in [-0.1, -0.05) is 162 Å². The van der Waals surface area contributed by atoms with E-state index in [1.54, 1.807) is 5.82 Å². The number of hydrogen-bond acceptors (Lipinski definition) is 0. The van der Waals surface area contributed by atoms with Crippen LogP contribution in [0.1, 0.15) is 200 Å². The third kappa shape index (κ3) is 20.2. The van der Waals surface area contributed by atoms with Crippen LogP contribution in [0.4, 0.5) is 0 Å². The van der Waals surface area contributed by atoms with Crippen molar-refractivity contribution in [3.8, 4) is 0 Å². The molecule has 2 heteroatoms. The summed E-state index contributed by atoms with van der Waals surface area (Å²) in [6, 6.07) is 0. The lowest BCUT2D eigenvalue weighted by molar-refractivity contribution is -0.704. The molecule has 1 rings (SSSR count). The molecular formula is C36H71N2+. The molecule has 224 valence electrons. The molecule has 0 bridgehead atoms. The number of imidazole rings is 1. The van der Waals surface area contributed by atoms with Crippen LogP contribution in [0.2, 0.25) is 0 Å². The lowest BCUT2D eigenvalue weighted by Crippen LogP contribution is -2.37. The molecule has 1 aromatic heterocycles. The third-order valence-electron chi connectivity index (χ3n) is 8.60. The van der Waals surface area contributed by atoms with E-state index in [-0.39, 0.29) is 0 Å². The van der Waals surface area contributed by atoms with Crippen LogP contribution in [-0.2, 0) is 19.5 Å². The minimum atomic E-state index is 1.23. The van der Waals surface area contributed by atoms with E-state index in [2.05, 4.69) is 42.3 Å². The van der Waals surface area contributed by atoms with Crippen molar-refractivity contribution < 1.29 is 4.57 Å². The number of hydrogen-bond donors (Lipinski definition) is 0. The highest BCUT2D eigenvalue weighted by molar-refractivity contribution is 4.84. The second-order valence-corrected chi connectivity index (χ2v) is 12.3. The van der Waals surface area contributed by atoms with Crippen molar-refractivity contribution in [1.29, 1.82) is 0 Å². The Morgan fingerprint density at radius 1 is 0.447 bits per heavy atom. The van der Waals surface area contributed by atoms with Crippen LogP contribution in [0.15, 0.2) is 12.4 Å². The zero-order valence-electron chi connectivity index (χ0n) is 26.8. The summed E-state index contributed by atoms with van der Waals surface area (Å²) in [6.45, 7) is 9.39. The van der Waals surface area contributed by atoms with Gasteiger partial charge in [0.1, 0.15) is 12.4 Å². The topological polar surface area (TPSA) is 8.81 Å². The average molecular weight is 532 g/mol. The van der Waals surface area contributed by atoms with Crippen molar-refractivity contribution in [1.82, 2.24) is 4.57 Å². The molecule has 1 heterocycles. The minimum Gasteiger partial charge on any atom is -0.234 e. The summed E-state index contributed by atoms with van der Waals surface area (Å²) in [5.74, 6) is 1.61. The molecular weight excluding hydrogens is 460 g/mol. The lowest BCUT2D eigenvalue weighted by Gasteiger charge is -2.07. The summed E-state index contributed by atoms with van der Waals surface area (Å²) in [5, 5.41) is 0. The third-order valence-corrected chi connectivity index (χ3v) is 8.60. The molecule has 1 aromatic rings. The fourth-order valence-electron chi connectivity index (χ4n) is 5.97. The van der Waals surface area contributed by atoms with Crippen molar-refractivity contribution in [3.05, 3.63) is 18.2 Å². The lowest BCUT2D eigenvalue weighted by atomic mass is 10.0. The summed E-state index contributed by atoms with van der Waals surface area (Å²) >= 11 is 0. The Labute approximate surface area is 240 Å². The molecule has 0 saturated carbocycles. The quantitative estimate of drug-likeness (QED) is 0.0689. The van der Waals surface area contributed by atoms with E-state index in [0.29, 0.717) is 0 Å². The van der Waals surface area contributed by atoms with Crippen LogP contribution in [-0.4, -0.2) is 4.57 Å². The Morgan fingerprint density at radius 3 is 1.26 bits per heavy atom. The van der Waals surface area contributed by atoms with Gasteiger partial charge in [-0.2, -0.15) is 0 Å². The Bertz CT molecular complexity index is 590. The summed E-state index contributed by atoms with van der Waals surface area (Å²) in [5.41, 5.74) is 0. The van der Waals surface area contributed by atoms with Crippen LogP contribution < -0.4 is 4.57 Å². The van der Waals surface area contributed by atoms with Gasteiger partial charge >= 0.3 is 0 Å². The van der Waals surface area contributed by atoms with E-state index >= 15 is 0 Å². The standard InChI is InChI=1S/C36H71N2/c1-4-7-10-13-16-18-19-20-21-22-24-27-30-33-38-35-34-37(32-29-26-23-17-14-11-8-5-2)36(38)31-28-25-15-12-9-6-3/h34-35H,4-33H2,1-3H3/q+1. The zero-order valence-corrected chi connectivity index (χ0v) is 26.8. The monoisotopic (exact) mass is 532 g/mol. The summed E-state index contributed by atoms with van der Waals surface area (Å²) in [6.07, 6.45) is 44.4. The van der Waals surface area contributed by atoms with Gasteiger partial charge in [0.05, 0.1) is 13.1 Å². The highest BCUT2D eigenvalue weighted by atomic mass is 15.1. The molecule has 0 aromatic carbocycles. The van der Waals surface area contributed by atoms with Crippen LogP contribution in [0.5, 0.6) is 0 Å². The average Bonchev–Trinajstić information content (AvgIpc) is 3.31. The van der Waals surface area contributed by atoms with E-state index in [4.69, 9.17) is 0 Å². The smallest absolute Gasteiger partial charge is 0.234 e. The van der Waals surface area contributed by atoms with Gasteiger partial charge in [0.2, 0.25) is 0 Å². The molecule has 38 heavy (non-hydrogen) atoms.